The van der Waals surface area contributed by atoms with Crippen LogP contribution in [0.3, 0.4) is 0 Å². The first kappa shape index (κ1) is 8.33. The largest absolute Gasteiger partial charge is 0.378 e. The molecule has 0 aliphatic carbocycles. The van der Waals surface area contributed by atoms with E-state index in [1.54, 1.807) is 23.9 Å². The van der Waals surface area contributed by atoms with Crippen LogP contribution < -0.4 is 0 Å². The number of ether oxygens (including phenoxy) is 1. The van der Waals surface area contributed by atoms with Crippen molar-refractivity contribution in [2.75, 3.05) is 40.4 Å². The third-order valence-corrected chi connectivity index (χ3v) is 1.80. The van der Waals surface area contributed by atoms with Crippen LogP contribution in [0.2, 0.25) is 0 Å². The molecule has 4 nitrogen and oxygen atoms in total. The van der Waals surface area contributed by atoms with Gasteiger partial charge in [0.1, 0.15) is 0 Å². The molecule has 0 bridgehead atoms. The number of amides is 2. The summed E-state index contributed by atoms with van der Waals surface area (Å²) in [6.07, 6.45) is 0. The zero-order chi connectivity index (χ0) is 8.27. The molecule has 0 spiro atoms. The van der Waals surface area contributed by atoms with Crippen molar-refractivity contribution in [3.63, 3.8) is 0 Å². The van der Waals surface area contributed by atoms with E-state index in [1.165, 1.54) is 0 Å². The van der Waals surface area contributed by atoms with Crippen LogP contribution in [0, 0.1) is 0 Å². The molecule has 0 atom stereocenters. The highest BCUT2D eigenvalue weighted by molar-refractivity contribution is 5.73. The van der Waals surface area contributed by atoms with Gasteiger partial charge >= 0.3 is 6.03 Å². The molecule has 1 aliphatic rings. The van der Waals surface area contributed by atoms with E-state index >= 15 is 0 Å². The quantitative estimate of drug-likeness (QED) is 0.497. The van der Waals surface area contributed by atoms with Crippen LogP contribution in [0.25, 0.3) is 0 Å². The molecule has 1 aliphatic heterocycles. The van der Waals surface area contributed by atoms with Gasteiger partial charge < -0.3 is 14.5 Å². The zero-order valence-corrected chi connectivity index (χ0v) is 7.04. The van der Waals surface area contributed by atoms with Crippen molar-refractivity contribution in [2.45, 2.75) is 0 Å². The standard InChI is InChI=1S/C7H14N2O2/c1-8-3-5-11-6-4-9(2)7(8)10/h3-6H2,1-2H3. The Bertz CT molecular complexity index is 135. The fourth-order valence-electron chi connectivity index (χ4n) is 0.988. The molecular weight excluding hydrogens is 144 g/mol. The Labute approximate surface area is 66.7 Å². The number of carbonyl (C=O) groups is 1. The Hall–Kier alpha value is -0.770. The molecule has 64 valence electrons. The number of rotatable bonds is 0. The van der Waals surface area contributed by atoms with E-state index in [1.807, 2.05) is 0 Å². The normalized spacial score (nSPS) is 21.5. The SMILES string of the molecule is CN1CCOCCN(C)C1=O. The van der Waals surface area contributed by atoms with Crippen LogP contribution in [0.5, 0.6) is 0 Å². The number of hydrogen-bond acceptors (Lipinski definition) is 2. The lowest BCUT2D eigenvalue weighted by Crippen LogP contribution is -2.43. The van der Waals surface area contributed by atoms with E-state index in [0.29, 0.717) is 26.3 Å². The second kappa shape index (κ2) is 3.57. The predicted molar refractivity (Wildman–Crippen MR) is 41.5 cm³/mol. The van der Waals surface area contributed by atoms with Crippen LogP contribution in [0.4, 0.5) is 4.79 Å². The molecule has 1 heterocycles. The van der Waals surface area contributed by atoms with Gasteiger partial charge in [0.05, 0.1) is 13.2 Å². The molecule has 2 amide bonds. The summed E-state index contributed by atoms with van der Waals surface area (Å²) in [4.78, 5) is 14.6. The molecule has 0 unspecified atom stereocenters. The third kappa shape index (κ3) is 2.08. The van der Waals surface area contributed by atoms with Gasteiger partial charge in [0.15, 0.2) is 0 Å². The molecule has 0 radical (unpaired) electrons. The number of hydrogen-bond donors (Lipinski definition) is 0. The monoisotopic (exact) mass is 158 g/mol. The van der Waals surface area contributed by atoms with Gasteiger partial charge in [0.2, 0.25) is 0 Å². The van der Waals surface area contributed by atoms with Crippen molar-refractivity contribution in [1.29, 1.82) is 0 Å². The van der Waals surface area contributed by atoms with E-state index in [0.717, 1.165) is 0 Å². The predicted octanol–water partition coefficient (Wildman–Crippen LogP) is 0.000200. The van der Waals surface area contributed by atoms with Gasteiger partial charge in [0, 0.05) is 27.2 Å². The summed E-state index contributed by atoms with van der Waals surface area (Å²) in [6.45, 7) is 2.67. The molecule has 0 aromatic carbocycles. The maximum Gasteiger partial charge on any atom is 0.319 e. The van der Waals surface area contributed by atoms with Crippen LogP contribution in [0.15, 0.2) is 0 Å². The van der Waals surface area contributed by atoms with Crippen molar-refractivity contribution in [3.05, 3.63) is 0 Å². The van der Waals surface area contributed by atoms with Crippen molar-refractivity contribution >= 4 is 6.03 Å². The van der Waals surface area contributed by atoms with Gasteiger partial charge in [-0.2, -0.15) is 0 Å². The van der Waals surface area contributed by atoms with Gasteiger partial charge in [-0.3, -0.25) is 0 Å². The summed E-state index contributed by atoms with van der Waals surface area (Å²) in [5.41, 5.74) is 0. The Morgan fingerprint density at radius 1 is 1.18 bits per heavy atom. The summed E-state index contributed by atoms with van der Waals surface area (Å²) >= 11 is 0. The highest BCUT2D eigenvalue weighted by Gasteiger charge is 2.15. The summed E-state index contributed by atoms with van der Waals surface area (Å²) in [5.74, 6) is 0. The molecule has 1 rings (SSSR count). The van der Waals surface area contributed by atoms with Gasteiger partial charge in [-0.15, -0.1) is 0 Å². The average Bonchev–Trinajstić information content (AvgIpc) is 2.00. The van der Waals surface area contributed by atoms with Gasteiger partial charge in [-0.25, -0.2) is 4.79 Å². The highest BCUT2D eigenvalue weighted by atomic mass is 16.5. The van der Waals surface area contributed by atoms with E-state index in [9.17, 15) is 4.79 Å². The van der Waals surface area contributed by atoms with Crippen LogP contribution in [-0.4, -0.2) is 56.2 Å². The van der Waals surface area contributed by atoms with Crippen molar-refractivity contribution in [2.24, 2.45) is 0 Å². The van der Waals surface area contributed by atoms with Crippen molar-refractivity contribution in [1.82, 2.24) is 9.80 Å². The van der Waals surface area contributed by atoms with Gasteiger partial charge in [-0.05, 0) is 0 Å². The number of likely N-dealkylation sites (N-methyl/N-ethyl adjacent to an activating group) is 2. The summed E-state index contributed by atoms with van der Waals surface area (Å²) in [5, 5.41) is 0. The Morgan fingerprint density at radius 3 is 2.09 bits per heavy atom. The summed E-state index contributed by atoms with van der Waals surface area (Å²) in [7, 11) is 3.57. The van der Waals surface area contributed by atoms with Gasteiger partial charge in [0.25, 0.3) is 0 Å². The van der Waals surface area contributed by atoms with Crippen LogP contribution >= 0.6 is 0 Å². The van der Waals surface area contributed by atoms with Crippen LogP contribution in [-0.2, 0) is 4.74 Å². The Balaban J connectivity index is 2.49. The zero-order valence-electron chi connectivity index (χ0n) is 7.04. The third-order valence-electron chi connectivity index (χ3n) is 1.80. The molecule has 0 aromatic rings. The first-order valence-corrected chi connectivity index (χ1v) is 3.76. The average molecular weight is 158 g/mol. The van der Waals surface area contributed by atoms with Crippen molar-refractivity contribution < 1.29 is 9.53 Å². The molecular formula is C7H14N2O2. The molecule has 0 aromatic heterocycles. The Morgan fingerprint density at radius 2 is 1.64 bits per heavy atom. The lowest BCUT2D eigenvalue weighted by Gasteiger charge is -2.27. The maximum atomic E-state index is 11.3. The van der Waals surface area contributed by atoms with E-state index < -0.39 is 0 Å². The minimum atomic E-state index is 0.0771. The minimum absolute atomic E-state index is 0.0771. The second-order valence-corrected chi connectivity index (χ2v) is 2.74. The first-order chi connectivity index (χ1) is 5.22. The second-order valence-electron chi connectivity index (χ2n) is 2.74. The molecule has 11 heavy (non-hydrogen) atoms. The van der Waals surface area contributed by atoms with E-state index in [4.69, 9.17) is 4.74 Å². The Kier molecular flexibility index (Phi) is 2.70. The molecule has 0 N–H and O–H groups in total. The smallest absolute Gasteiger partial charge is 0.319 e. The molecule has 0 saturated carbocycles. The topological polar surface area (TPSA) is 32.8 Å². The lowest BCUT2D eigenvalue weighted by molar-refractivity contribution is 0.0740. The number of carbonyl (C=O) groups excluding carboxylic acids is 1. The summed E-state index contributed by atoms with van der Waals surface area (Å²) < 4.78 is 5.23. The summed E-state index contributed by atoms with van der Waals surface area (Å²) in [6, 6.07) is 0.0771. The number of nitrogens with zero attached hydrogens (tertiary/aromatic N) is 2. The van der Waals surface area contributed by atoms with E-state index in [-0.39, 0.29) is 6.03 Å². The highest BCUT2D eigenvalue weighted by Crippen LogP contribution is 1.97. The van der Waals surface area contributed by atoms with E-state index in [2.05, 4.69) is 0 Å². The molecule has 4 heteroatoms. The fraction of sp³-hybridized carbons (Fsp3) is 0.857. The minimum Gasteiger partial charge on any atom is -0.378 e. The van der Waals surface area contributed by atoms with Gasteiger partial charge in [-0.1, -0.05) is 0 Å². The van der Waals surface area contributed by atoms with Crippen molar-refractivity contribution in [3.8, 4) is 0 Å². The molecule has 1 saturated heterocycles. The fourth-order valence-corrected chi connectivity index (χ4v) is 0.988. The lowest BCUT2D eigenvalue weighted by atomic mass is 10.5. The first-order valence-electron chi connectivity index (χ1n) is 3.76. The maximum absolute atomic E-state index is 11.3. The number of urea groups is 1. The molecule has 1 fully saturated rings. The van der Waals surface area contributed by atoms with Crippen LogP contribution in [0.1, 0.15) is 0 Å².